The molecular weight excluding hydrogens is 186 g/mol. The van der Waals surface area contributed by atoms with E-state index in [1.165, 1.54) is 25.7 Å². The molecule has 0 bridgehead atoms. The van der Waals surface area contributed by atoms with Crippen LogP contribution in [0.15, 0.2) is 6.20 Å². The first kappa shape index (κ1) is 11.8. The summed E-state index contributed by atoms with van der Waals surface area (Å²) in [5, 5.41) is 15.6. The summed E-state index contributed by atoms with van der Waals surface area (Å²) in [7, 11) is 0. The first-order valence-corrected chi connectivity index (χ1v) is 5.70. The second kappa shape index (κ2) is 6.23. The number of unbranched alkanes of at least 4 members (excludes halogenated alkanes) is 2. The van der Waals surface area contributed by atoms with E-state index >= 15 is 0 Å². The highest BCUT2D eigenvalue weighted by Gasteiger charge is 2.09. The fourth-order valence-electron chi connectivity index (χ4n) is 1.76. The third kappa shape index (κ3) is 3.75. The Labute approximate surface area is 91.5 Å². The number of nitrogens with zero attached hydrogens (tertiary/aromatic N) is 2. The second-order valence-electron chi connectivity index (χ2n) is 4.18. The van der Waals surface area contributed by atoms with E-state index in [1.54, 1.807) is 6.20 Å². The Hall–Kier alpha value is -1.30. The number of rotatable bonds is 6. The van der Waals surface area contributed by atoms with E-state index in [4.69, 9.17) is 5.26 Å². The van der Waals surface area contributed by atoms with Crippen molar-refractivity contribution in [3.63, 3.8) is 0 Å². The summed E-state index contributed by atoms with van der Waals surface area (Å²) in [6.07, 6.45) is 7.63. The van der Waals surface area contributed by atoms with Crippen LogP contribution >= 0.6 is 0 Å². The quantitative estimate of drug-likeness (QED) is 0.726. The molecule has 1 heterocycles. The van der Waals surface area contributed by atoms with E-state index in [1.807, 2.05) is 0 Å². The van der Waals surface area contributed by atoms with Crippen molar-refractivity contribution in [2.75, 3.05) is 0 Å². The van der Waals surface area contributed by atoms with Gasteiger partial charge in [0, 0.05) is 0 Å². The molecule has 0 spiro atoms. The highest BCUT2D eigenvalue weighted by Crippen LogP contribution is 2.15. The smallest absolute Gasteiger partial charge is 0.103 e. The van der Waals surface area contributed by atoms with Crippen LogP contribution in [0.25, 0.3) is 0 Å². The fourth-order valence-corrected chi connectivity index (χ4v) is 1.76. The Morgan fingerprint density at radius 2 is 2.33 bits per heavy atom. The first-order chi connectivity index (χ1) is 7.27. The Morgan fingerprint density at radius 3 is 3.00 bits per heavy atom. The molecule has 3 heteroatoms. The molecule has 1 unspecified atom stereocenters. The molecule has 0 amide bonds. The molecule has 0 fully saturated rings. The molecule has 1 N–H and O–H groups in total. The normalized spacial score (nSPS) is 12.3. The maximum Gasteiger partial charge on any atom is 0.103 e. The van der Waals surface area contributed by atoms with Gasteiger partial charge in [0.2, 0.25) is 0 Å². The van der Waals surface area contributed by atoms with Gasteiger partial charge in [-0.05, 0) is 12.3 Å². The van der Waals surface area contributed by atoms with Crippen molar-refractivity contribution < 1.29 is 0 Å². The van der Waals surface area contributed by atoms with Crippen LogP contribution in [0.1, 0.15) is 50.8 Å². The van der Waals surface area contributed by atoms with Gasteiger partial charge in [-0.1, -0.05) is 39.5 Å². The van der Waals surface area contributed by atoms with Gasteiger partial charge in [-0.15, -0.1) is 0 Å². The minimum Gasteiger partial charge on any atom is -0.281 e. The van der Waals surface area contributed by atoms with Crippen molar-refractivity contribution in [1.82, 2.24) is 10.2 Å². The summed E-state index contributed by atoms with van der Waals surface area (Å²) in [6, 6.07) is 2.15. The molecule has 0 saturated carbocycles. The van der Waals surface area contributed by atoms with Gasteiger partial charge in [0.15, 0.2) is 0 Å². The van der Waals surface area contributed by atoms with Gasteiger partial charge in [0.05, 0.1) is 17.5 Å². The lowest BCUT2D eigenvalue weighted by molar-refractivity contribution is 0.488. The van der Waals surface area contributed by atoms with Gasteiger partial charge in [-0.2, -0.15) is 10.4 Å². The standard InChI is InChI=1S/C12H19N3/c1-3-4-5-6-10(2)7-12-11(8-13)9-14-15-12/h9-10H,3-7H2,1-2H3,(H,14,15). The van der Waals surface area contributed by atoms with E-state index in [2.05, 4.69) is 30.1 Å². The average molecular weight is 205 g/mol. The Bertz CT molecular complexity index is 322. The number of H-pyrrole nitrogens is 1. The van der Waals surface area contributed by atoms with E-state index in [0.717, 1.165) is 12.1 Å². The van der Waals surface area contributed by atoms with Gasteiger partial charge in [0.1, 0.15) is 6.07 Å². The Morgan fingerprint density at radius 1 is 1.53 bits per heavy atom. The molecule has 0 aliphatic rings. The van der Waals surface area contributed by atoms with Gasteiger partial charge in [0.25, 0.3) is 0 Å². The first-order valence-electron chi connectivity index (χ1n) is 5.70. The fraction of sp³-hybridized carbons (Fsp3) is 0.667. The van der Waals surface area contributed by atoms with E-state index < -0.39 is 0 Å². The molecule has 82 valence electrons. The van der Waals surface area contributed by atoms with Crippen molar-refractivity contribution in [3.05, 3.63) is 17.5 Å². The molecule has 1 rings (SSSR count). The molecular formula is C12H19N3. The van der Waals surface area contributed by atoms with E-state index in [-0.39, 0.29) is 0 Å². The van der Waals surface area contributed by atoms with Crippen LogP contribution < -0.4 is 0 Å². The van der Waals surface area contributed by atoms with Crippen LogP contribution in [0.4, 0.5) is 0 Å². The lowest BCUT2D eigenvalue weighted by Gasteiger charge is -2.09. The largest absolute Gasteiger partial charge is 0.281 e. The molecule has 15 heavy (non-hydrogen) atoms. The lowest BCUT2D eigenvalue weighted by atomic mass is 9.97. The van der Waals surface area contributed by atoms with Crippen molar-refractivity contribution in [2.45, 2.75) is 46.0 Å². The highest BCUT2D eigenvalue weighted by molar-refractivity contribution is 5.30. The summed E-state index contributed by atoms with van der Waals surface area (Å²) >= 11 is 0. The Balaban J connectivity index is 2.38. The summed E-state index contributed by atoms with van der Waals surface area (Å²) in [6.45, 7) is 4.45. The molecule has 1 atom stereocenters. The number of hydrogen-bond donors (Lipinski definition) is 1. The predicted octanol–water partition coefficient (Wildman–Crippen LogP) is 3.04. The summed E-state index contributed by atoms with van der Waals surface area (Å²) in [5.74, 6) is 0.629. The maximum absolute atomic E-state index is 8.82. The van der Waals surface area contributed by atoms with Crippen LogP contribution in [0.3, 0.4) is 0 Å². The summed E-state index contributed by atoms with van der Waals surface area (Å²) < 4.78 is 0. The number of hydrogen-bond acceptors (Lipinski definition) is 2. The van der Waals surface area contributed by atoms with Crippen LogP contribution in [0.5, 0.6) is 0 Å². The molecule has 1 aromatic heterocycles. The topological polar surface area (TPSA) is 52.5 Å². The maximum atomic E-state index is 8.82. The predicted molar refractivity (Wildman–Crippen MR) is 60.3 cm³/mol. The zero-order chi connectivity index (χ0) is 11.1. The van der Waals surface area contributed by atoms with Crippen LogP contribution in [-0.2, 0) is 6.42 Å². The molecule has 3 nitrogen and oxygen atoms in total. The monoisotopic (exact) mass is 205 g/mol. The van der Waals surface area contributed by atoms with Gasteiger partial charge in [-0.3, -0.25) is 5.10 Å². The SMILES string of the molecule is CCCCCC(C)Cc1[nH]ncc1C#N. The van der Waals surface area contributed by atoms with E-state index in [9.17, 15) is 0 Å². The molecule has 1 aromatic rings. The second-order valence-corrected chi connectivity index (χ2v) is 4.18. The zero-order valence-electron chi connectivity index (χ0n) is 9.58. The number of nitriles is 1. The van der Waals surface area contributed by atoms with Crippen molar-refractivity contribution in [2.24, 2.45) is 5.92 Å². The molecule has 0 aliphatic heterocycles. The van der Waals surface area contributed by atoms with Crippen LogP contribution in [0.2, 0.25) is 0 Å². The summed E-state index contributed by atoms with van der Waals surface area (Å²) in [4.78, 5) is 0. The number of aromatic amines is 1. The number of nitrogens with one attached hydrogen (secondary N) is 1. The zero-order valence-corrected chi connectivity index (χ0v) is 9.58. The molecule has 0 aromatic carbocycles. The highest BCUT2D eigenvalue weighted by atomic mass is 15.1. The minimum absolute atomic E-state index is 0.629. The molecule has 0 aliphatic carbocycles. The third-order valence-corrected chi connectivity index (χ3v) is 2.69. The van der Waals surface area contributed by atoms with Crippen molar-refractivity contribution >= 4 is 0 Å². The van der Waals surface area contributed by atoms with Gasteiger partial charge < -0.3 is 0 Å². The summed E-state index contributed by atoms with van der Waals surface area (Å²) in [5.41, 5.74) is 1.68. The van der Waals surface area contributed by atoms with Crippen molar-refractivity contribution in [3.8, 4) is 6.07 Å². The molecule has 0 saturated heterocycles. The van der Waals surface area contributed by atoms with Gasteiger partial charge >= 0.3 is 0 Å². The Kier molecular flexibility index (Phi) is 4.89. The average Bonchev–Trinajstić information content (AvgIpc) is 2.65. The van der Waals surface area contributed by atoms with Crippen molar-refractivity contribution in [1.29, 1.82) is 5.26 Å². The third-order valence-electron chi connectivity index (χ3n) is 2.69. The number of aromatic nitrogens is 2. The molecule has 0 radical (unpaired) electrons. The van der Waals surface area contributed by atoms with E-state index in [0.29, 0.717) is 11.5 Å². The van der Waals surface area contributed by atoms with Crippen LogP contribution in [0, 0.1) is 17.2 Å². The lowest BCUT2D eigenvalue weighted by Crippen LogP contribution is -2.01. The minimum atomic E-state index is 0.629. The van der Waals surface area contributed by atoms with Crippen LogP contribution in [-0.4, -0.2) is 10.2 Å². The van der Waals surface area contributed by atoms with Gasteiger partial charge in [-0.25, -0.2) is 0 Å².